The van der Waals surface area contributed by atoms with E-state index in [9.17, 15) is 8.78 Å². The van der Waals surface area contributed by atoms with Crippen LogP contribution in [0.1, 0.15) is 23.4 Å². The second-order valence-electron chi connectivity index (χ2n) is 2.63. The number of aromatic nitrogens is 1. The van der Waals surface area contributed by atoms with Crippen molar-refractivity contribution in [3.05, 3.63) is 27.5 Å². The normalized spacial score (nSPS) is 11.0. The second-order valence-corrected chi connectivity index (χ2v) is 3.42. The smallest absolute Gasteiger partial charge is 0.280 e. The molecule has 3 N–H and O–H groups in total. The molecular formula is C8H9BrF2N2O. The second kappa shape index (κ2) is 4.77. The zero-order valence-corrected chi connectivity index (χ0v) is 8.76. The molecule has 1 rings (SSSR count). The third-order valence-corrected chi connectivity index (χ3v) is 2.68. The van der Waals surface area contributed by atoms with Crippen molar-refractivity contribution < 1.29 is 13.9 Å². The molecule has 3 nitrogen and oxygen atoms in total. The molecule has 0 unspecified atom stereocenters. The first-order valence-electron chi connectivity index (χ1n) is 3.87. The molecule has 78 valence electrons. The number of nitrogens with zero attached hydrogens (tertiary/aromatic N) is 1. The standard InChI is InChI=1S/C8H9BrF2N2O/c9-7-4(3-14)1-5(8(10)11)13-6(7)2-12/h1,8,14H,2-3,12H2. The maximum atomic E-state index is 12.3. The number of pyridine rings is 1. The van der Waals surface area contributed by atoms with E-state index in [0.717, 1.165) is 6.07 Å². The Morgan fingerprint density at radius 2 is 2.21 bits per heavy atom. The summed E-state index contributed by atoms with van der Waals surface area (Å²) < 4.78 is 25.2. The fourth-order valence-corrected chi connectivity index (χ4v) is 1.52. The molecule has 0 bridgehead atoms. The quantitative estimate of drug-likeness (QED) is 0.876. The number of alkyl halides is 2. The van der Waals surface area contributed by atoms with Crippen LogP contribution in [0.5, 0.6) is 0 Å². The van der Waals surface area contributed by atoms with Gasteiger partial charge in [0.2, 0.25) is 0 Å². The van der Waals surface area contributed by atoms with Crippen LogP contribution in [0.3, 0.4) is 0 Å². The van der Waals surface area contributed by atoms with Gasteiger partial charge in [0.15, 0.2) is 0 Å². The van der Waals surface area contributed by atoms with Crippen LogP contribution in [-0.2, 0) is 13.2 Å². The number of nitrogens with two attached hydrogens (primary N) is 1. The van der Waals surface area contributed by atoms with Gasteiger partial charge in [-0.3, -0.25) is 0 Å². The van der Waals surface area contributed by atoms with Gasteiger partial charge < -0.3 is 10.8 Å². The first-order chi connectivity index (χ1) is 6.60. The van der Waals surface area contributed by atoms with Crippen LogP contribution in [0.2, 0.25) is 0 Å². The van der Waals surface area contributed by atoms with E-state index in [-0.39, 0.29) is 18.8 Å². The molecular weight excluding hydrogens is 258 g/mol. The van der Waals surface area contributed by atoms with E-state index in [1.165, 1.54) is 0 Å². The molecule has 0 saturated carbocycles. The Bertz CT molecular complexity index is 308. The highest BCUT2D eigenvalue weighted by Crippen LogP contribution is 2.25. The summed E-state index contributed by atoms with van der Waals surface area (Å²) in [5, 5.41) is 8.90. The Balaban J connectivity index is 3.25. The minimum Gasteiger partial charge on any atom is -0.392 e. The fraction of sp³-hybridized carbons (Fsp3) is 0.375. The van der Waals surface area contributed by atoms with Crippen molar-refractivity contribution in [1.29, 1.82) is 0 Å². The lowest BCUT2D eigenvalue weighted by molar-refractivity contribution is 0.145. The SMILES string of the molecule is NCc1nc(C(F)F)cc(CO)c1Br. The monoisotopic (exact) mass is 266 g/mol. The Morgan fingerprint density at radius 1 is 1.57 bits per heavy atom. The largest absolute Gasteiger partial charge is 0.392 e. The maximum absolute atomic E-state index is 12.3. The van der Waals surface area contributed by atoms with Crippen molar-refractivity contribution in [3.63, 3.8) is 0 Å². The lowest BCUT2D eigenvalue weighted by atomic mass is 10.2. The third kappa shape index (κ3) is 2.26. The van der Waals surface area contributed by atoms with Crippen LogP contribution in [0.15, 0.2) is 10.5 Å². The number of halogens is 3. The van der Waals surface area contributed by atoms with Gasteiger partial charge in [0.1, 0.15) is 5.69 Å². The molecule has 1 heterocycles. The van der Waals surface area contributed by atoms with Crippen LogP contribution < -0.4 is 5.73 Å². The highest BCUT2D eigenvalue weighted by molar-refractivity contribution is 9.10. The molecule has 1 aromatic heterocycles. The van der Waals surface area contributed by atoms with Crippen molar-refractivity contribution in [2.45, 2.75) is 19.6 Å². The Hall–Kier alpha value is -0.590. The highest BCUT2D eigenvalue weighted by Gasteiger charge is 2.14. The Labute approximate surface area is 88.1 Å². The summed E-state index contributed by atoms with van der Waals surface area (Å²) in [6.45, 7) is -0.274. The van der Waals surface area contributed by atoms with E-state index in [1.54, 1.807) is 0 Å². The summed E-state index contributed by atoms with van der Waals surface area (Å²) in [7, 11) is 0. The Morgan fingerprint density at radius 3 is 2.64 bits per heavy atom. The topological polar surface area (TPSA) is 59.1 Å². The first kappa shape index (κ1) is 11.5. The van der Waals surface area contributed by atoms with E-state index in [1.807, 2.05) is 0 Å². The minimum atomic E-state index is -2.65. The van der Waals surface area contributed by atoms with Gasteiger partial charge in [0, 0.05) is 11.0 Å². The Kier molecular flexibility index (Phi) is 3.91. The molecule has 0 saturated heterocycles. The lowest BCUT2D eigenvalue weighted by Gasteiger charge is -2.08. The van der Waals surface area contributed by atoms with Crippen LogP contribution in [-0.4, -0.2) is 10.1 Å². The number of hydrogen-bond acceptors (Lipinski definition) is 3. The molecule has 0 aliphatic carbocycles. The van der Waals surface area contributed by atoms with Gasteiger partial charge in [-0.15, -0.1) is 0 Å². The maximum Gasteiger partial charge on any atom is 0.280 e. The molecule has 0 amide bonds. The molecule has 0 atom stereocenters. The molecule has 0 spiro atoms. The predicted octanol–water partition coefficient (Wildman–Crippen LogP) is 1.73. The highest BCUT2D eigenvalue weighted by atomic mass is 79.9. The molecule has 1 aromatic rings. The van der Waals surface area contributed by atoms with Gasteiger partial charge in [0.05, 0.1) is 12.3 Å². The molecule has 0 aromatic carbocycles. The summed E-state index contributed by atoms with van der Waals surface area (Å²) in [6.07, 6.45) is -2.65. The summed E-state index contributed by atoms with van der Waals surface area (Å²) >= 11 is 3.14. The van der Waals surface area contributed by atoms with Gasteiger partial charge in [0.25, 0.3) is 6.43 Å². The number of aliphatic hydroxyl groups is 1. The molecule has 0 aliphatic heterocycles. The van der Waals surface area contributed by atoms with Crippen molar-refractivity contribution in [3.8, 4) is 0 Å². The van der Waals surface area contributed by atoms with E-state index >= 15 is 0 Å². The van der Waals surface area contributed by atoms with Crippen LogP contribution in [0.25, 0.3) is 0 Å². The average Bonchev–Trinajstić information content (AvgIpc) is 2.17. The summed E-state index contributed by atoms with van der Waals surface area (Å²) in [4.78, 5) is 3.67. The first-order valence-corrected chi connectivity index (χ1v) is 4.66. The minimum absolute atomic E-state index is 0.0497. The number of hydrogen-bond donors (Lipinski definition) is 2. The van der Waals surface area contributed by atoms with Gasteiger partial charge in [-0.1, -0.05) is 0 Å². The fourth-order valence-electron chi connectivity index (χ4n) is 1.03. The van der Waals surface area contributed by atoms with Gasteiger partial charge in [-0.25, -0.2) is 13.8 Å². The molecule has 14 heavy (non-hydrogen) atoms. The zero-order chi connectivity index (χ0) is 10.7. The van der Waals surface area contributed by atoms with E-state index in [2.05, 4.69) is 20.9 Å². The predicted molar refractivity (Wildman–Crippen MR) is 50.7 cm³/mol. The average molecular weight is 267 g/mol. The van der Waals surface area contributed by atoms with Crippen molar-refractivity contribution in [1.82, 2.24) is 4.98 Å². The molecule has 0 fully saturated rings. The van der Waals surface area contributed by atoms with Gasteiger partial charge in [-0.2, -0.15) is 0 Å². The lowest BCUT2D eigenvalue weighted by Crippen LogP contribution is -2.06. The molecule has 6 heteroatoms. The summed E-state index contributed by atoms with van der Waals surface area (Å²) in [5.41, 5.74) is 5.66. The van der Waals surface area contributed by atoms with Crippen molar-refractivity contribution in [2.75, 3.05) is 0 Å². The van der Waals surface area contributed by atoms with Crippen molar-refractivity contribution in [2.24, 2.45) is 5.73 Å². The summed E-state index contributed by atoms with van der Waals surface area (Å²) in [6, 6.07) is 1.16. The van der Waals surface area contributed by atoms with Crippen LogP contribution >= 0.6 is 15.9 Å². The van der Waals surface area contributed by atoms with Gasteiger partial charge >= 0.3 is 0 Å². The number of aliphatic hydroxyl groups excluding tert-OH is 1. The van der Waals surface area contributed by atoms with E-state index < -0.39 is 6.43 Å². The molecule has 0 aliphatic rings. The third-order valence-electron chi connectivity index (χ3n) is 1.71. The summed E-state index contributed by atoms with van der Waals surface area (Å²) in [5.74, 6) is 0. The number of rotatable bonds is 3. The van der Waals surface area contributed by atoms with E-state index in [0.29, 0.717) is 15.7 Å². The zero-order valence-electron chi connectivity index (χ0n) is 7.17. The van der Waals surface area contributed by atoms with Gasteiger partial charge in [-0.05, 0) is 27.6 Å². The molecule has 0 radical (unpaired) electrons. The van der Waals surface area contributed by atoms with Crippen LogP contribution in [0, 0.1) is 0 Å². The van der Waals surface area contributed by atoms with E-state index in [4.69, 9.17) is 10.8 Å². The van der Waals surface area contributed by atoms with Crippen LogP contribution in [0.4, 0.5) is 8.78 Å². The van der Waals surface area contributed by atoms with Crippen molar-refractivity contribution >= 4 is 15.9 Å².